The molecule has 0 unspecified atom stereocenters. The summed E-state index contributed by atoms with van der Waals surface area (Å²) < 4.78 is 12.8. The number of thioether (sulfide) groups is 1. The van der Waals surface area contributed by atoms with Gasteiger partial charge in [0.05, 0.1) is 17.0 Å². The van der Waals surface area contributed by atoms with E-state index in [0.29, 0.717) is 50.8 Å². The van der Waals surface area contributed by atoms with E-state index in [-0.39, 0.29) is 18.3 Å². The minimum atomic E-state index is -0.240. The maximum absolute atomic E-state index is 13.5. The van der Waals surface area contributed by atoms with Gasteiger partial charge in [0, 0.05) is 12.7 Å². The molecular formula is C27H28N4O4S2. The van der Waals surface area contributed by atoms with Crippen molar-refractivity contribution in [2.24, 2.45) is 0 Å². The Hall–Kier alpha value is -3.37. The van der Waals surface area contributed by atoms with Crippen molar-refractivity contribution in [3.63, 3.8) is 0 Å². The Balaban J connectivity index is 1.45. The first-order valence-corrected chi connectivity index (χ1v) is 13.6. The zero-order valence-corrected chi connectivity index (χ0v) is 22.4. The summed E-state index contributed by atoms with van der Waals surface area (Å²) in [6.45, 7) is 5.28. The van der Waals surface area contributed by atoms with E-state index in [9.17, 15) is 9.59 Å². The number of amides is 1. The number of ether oxygens (including phenoxy) is 2. The molecule has 2 aliphatic rings. The number of rotatable bonds is 9. The third-order valence-corrected chi connectivity index (χ3v) is 7.71. The zero-order valence-electron chi connectivity index (χ0n) is 20.8. The average Bonchev–Trinajstić information content (AvgIpc) is 3.46. The first-order chi connectivity index (χ1) is 18.0. The van der Waals surface area contributed by atoms with Crippen LogP contribution in [0.3, 0.4) is 0 Å². The second kappa shape index (κ2) is 10.9. The number of nitrogens with zero attached hydrogens (tertiary/aromatic N) is 3. The van der Waals surface area contributed by atoms with E-state index < -0.39 is 0 Å². The van der Waals surface area contributed by atoms with Gasteiger partial charge in [-0.2, -0.15) is 0 Å². The van der Waals surface area contributed by atoms with E-state index in [4.69, 9.17) is 26.7 Å². The molecule has 0 bridgehead atoms. The normalized spacial score (nSPS) is 15.8. The summed E-state index contributed by atoms with van der Waals surface area (Å²) in [4.78, 5) is 33.6. The number of pyridine rings is 1. The summed E-state index contributed by atoms with van der Waals surface area (Å²) in [7, 11) is 0. The van der Waals surface area contributed by atoms with Crippen LogP contribution in [0.25, 0.3) is 11.7 Å². The quantitative estimate of drug-likeness (QED) is 0.229. The van der Waals surface area contributed by atoms with Gasteiger partial charge >= 0.3 is 0 Å². The van der Waals surface area contributed by atoms with Gasteiger partial charge in [0.1, 0.15) is 15.8 Å². The molecule has 8 nitrogen and oxygen atoms in total. The van der Waals surface area contributed by atoms with Crippen LogP contribution in [0.15, 0.2) is 46.2 Å². The highest BCUT2D eigenvalue weighted by Gasteiger charge is 2.33. The van der Waals surface area contributed by atoms with Crippen LogP contribution in [0.2, 0.25) is 0 Å². The van der Waals surface area contributed by atoms with E-state index in [1.54, 1.807) is 12.3 Å². The van der Waals surface area contributed by atoms with Gasteiger partial charge in [-0.25, -0.2) is 4.98 Å². The van der Waals surface area contributed by atoms with Gasteiger partial charge in [-0.15, -0.1) is 0 Å². The van der Waals surface area contributed by atoms with Gasteiger partial charge in [0.15, 0.2) is 11.5 Å². The molecular weight excluding hydrogens is 508 g/mol. The monoisotopic (exact) mass is 536 g/mol. The molecule has 37 heavy (non-hydrogen) atoms. The first kappa shape index (κ1) is 25.3. The molecule has 0 radical (unpaired) electrons. The molecule has 10 heteroatoms. The summed E-state index contributed by atoms with van der Waals surface area (Å²) in [6.07, 6.45) is 7.70. The fraction of sp³-hybridized carbons (Fsp3) is 0.333. The molecule has 1 saturated heterocycles. The maximum Gasteiger partial charge on any atom is 0.267 e. The van der Waals surface area contributed by atoms with Crippen LogP contribution < -0.4 is 20.3 Å². The van der Waals surface area contributed by atoms with Crippen LogP contribution in [0.5, 0.6) is 11.5 Å². The van der Waals surface area contributed by atoms with Crippen molar-refractivity contribution in [1.29, 1.82) is 0 Å². The SMILES string of the molecule is CCCCCCNc1nc2c(C)cccn2c(=O)c1C=C1SC(=S)N(Cc2ccc3c(c2)OCO3)C1=O. The van der Waals surface area contributed by atoms with Gasteiger partial charge in [-0.1, -0.05) is 62.3 Å². The molecule has 1 aromatic carbocycles. The van der Waals surface area contributed by atoms with E-state index in [2.05, 4.69) is 12.2 Å². The molecule has 2 aliphatic heterocycles. The third-order valence-electron chi connectivity index (χ3n) is 6.33. The highest BCUT2D eigenvalue weighted by molar-refractivity contribution is 8.26. The Morgan fingerprint density at radius 1 is 1.16 bits per heavy atom. The van der Waals surface area contributed by atoms with Gasteiger partial charge < -0.3 is 14.8 Å². The van der Waals surface area contributed by atoms with Crippen LogP contribution in [0.4, 0.5) is 5.82 Å². The molecule has 1 N–H and O–H groups in total. The van der Waals surface area contributed by atoms with Crippen molar-refractivity contribution < 1.29 is 14.3 Å². The Kier molecular flexibility index (Phi) is 7.48. The van der Waals surface area contributed by atoms with Crippen molar-refractivity contribution in [1.82, 2.24) is 14.3 Å². The molecule has 5 rings (SSSR count). The molecule has 0 aliphatic carbocycles. The lowest BCUT2D eigenvalue weighted by atomic mass is 10.2. The molecule has 3 aromatic rings. The van der Waals surface area contributed by atoms with E-state index in [1.165, 1.54) is 21.1 Å². The third kappa shape index (κ3) is 5.21. The average molecular weight is 537 g/mol. The Bertz CT molecular complexity index is 1470. The molecule has 192 valence electrons. The van der Waals surface area contributed by atoms with Gasteiger partial charge in [0.25, 0.3) is 11.5 Å². The van der Waals surface area contributed by atoms with Crippen molar-refractivity contribution >= 4 is 51.7 Å². The van der Waals surface area contributed by atoms with Crippen LogP contribution in [0, 0.1) is 6.92 Å². The lowest BCUT2D eigenvalue weighted by Gasteiger charge is -2.15. The van der Waals surface area contributed by atoms with E-state index in [0.717, 1.165) is 36.8 Å². The maximum atomic E-state index is 13.5. The Labute approximate surface area is 224 Å². The van der Waals surface area contributed by atoms with Crippen LogP contribution >= 0.6 is 24.0 Å². The molecule has 0 atom stereocenters. The van der Waals surface area contributed by atoms with Gasteiger partial charge in [0.2, 0.25) is 6.79 Å². The molecule has 2 aromatic heterocycles. The van der Waals surface area contributed by atoms with Crippen molar-refractivity contribution in [3.05, 3.63) is 68.5 Å². The smallest absolute Gasteiger partial charge is 0.267 e. The number of anilines is 1. The second-order valence-electron chi connectivity index (χ2n) is 9.01. The molecule has 1 fully saturated rings. The number of aromatic nitrogens is 2. The zero-order chi connectivity index (χ0) is 25.9. The lowest BCUT2D eigenvalue weighted by molar-refractivity contribution is -0.122. The van der Waals surface area contributed by atoms with Crippen LogP contribution in [0.1, 0.15) is 49.3 Å². The highest BCUT2D eigenvalue weighted by Crippen LogP contribution is 2.36. The fourth-order valence-electron chi connectivity index (χ4n) is 4.32. The summed E-state index contributed by atoms with van der Waals surface area (Å²) in [5.41, 5.74) is 2.48. The summed E-state index contributed by atoms with van der Waals surface area (Å²) >= 11 is 6.73. The summed E-state index contributed by atoms with van der Waals surface area (Å²) in [6, 6.07) is 9.31. The van der Waals surface area contributed by atoms with Gasteiger partial charge in [-0.3, -0.25) is 18.9 Å². The number of unbranched alkanes of at least 4 members (excludes halogenated alkanes) is 3. The van der Waals surface area contributed by atoms with Crippen molar-refractivity contribution in [2.75, 3.05) is 18.7 Å². The minimum absolute atomic E-state index is 0.187. The molecule has 4 heterocycles. The van der Waals surface area contributed by atoms with Gasteiger partial charge in [-0.05, 0) is 48.7 Å². The number of hydrogen-bond acceptors (Lipinski definition) is 8. The van der Waals surface area contributed by atoms with E-state index >= 15 is 0 Å². The largest absolute Gasteiger partial charge is 0.454 e. The molecule has 0 spiro atoms. The minimum Gasteiger partial charge on any atom is -0.454 e. The number of nitrogens with one attached hydrogen (secondary N) is 1. The highest BCUT2D eigenvalue weighted by atomic mass is 32.2. The number of fused-ring (bicyclic) bond motifs is 2. The number of thiocarbonyl (C=S) groups is 1. The van der Waals surface area contributed by atoms with Crippen molar-refractivity contribution in [3.8, 4) is 11.5 Å². The number of benzene rings is 1. The van der Waals surface area contributed by atoms with Crippen molar-refractivity contribution in [2.45, 2.75) is 46.1 Å². The lowest BCUT2D eigenvalue weighted by Crippen LogP contribution is -2.27. The number of hydrogen-bond donors (Lipinski definition) is 1. The topological polar surface area (TPSA) is 85.2 Å². The predicted octanol–water partition coefficient (Wildman–Crippen LogP) is 5.13. The Morgan fingerprint density at radius 3 is 2.84 bits per heavy atom. The molecule has 0 saturated carbocycles. The number of aryl methyl sites for hydroxylation is 1. The Morgan fingerprint density at radius 2 is 2.00 bits per heavy atom. The summed E-state index contributed by atoms with van der Waals surface area (Å²) in [5, 5.41) is 3.35. The standard InChI is InChI=1S/C27H28N4O4S2/c1-3-4-5-6-11-28-23-19(25(32)30-12-7-8-17(2)24(30)29-23)14-22-26(33)31(27(36)37-22)15-18-9-10-20-21(13-18)35-16-34-20/h7-10,12-14,28H,3-6,11,15-16H2,1-2H3. The fourth-order valence-corrected chi connectivity index (χ4v) is 5.56. The number of carbonyl (C=O) groups excluding carboxylic acids is 1. The number of carbonyl (C=O) groups is 1. The van der Waals surface area contributed by atoms with Crippen LogP contribution in [-0.2, 0) is 11.3 Å². The second-order valence-corrected chi connectivity index (χ2v) is 10.7. The molecule has 1 amide bonds. The summed E-state index contributed by atoms with van der Waals surface area (Å²) in [5.74, 6) is 1.58. The van der Waals surface area contributed by atoms with Crippen LogP contribution in [-0.4, -0.2) is 37.8 Å². The predicted molar refractivity (Wildman–Crippen MR) is 150 cm³/mol. The first-order valence-electron chi connectivity index (χ1n) is 12.4. The van der Waals surface area contributed by atoms with E-state index in [1.807, 2.05) is 37.3 Å².